The monoisotopic (exact) mass is 386 g/mol. The van der Waals surface area contributed by atoms with Crippen LogP contribution in [-0.2, 0) is 9.59 Å². The Bertz CT molecular complexity index is 649. The van der Waals surface area contributed by atoms with Gasteiger partial charge in [-0.3, -0.25) is 19.8 Å². The predicted octanol–water partition coefficient (Wildman–Crippen LogP) is 2.24. The second-order valence-corrected chi connectivity index (χ2v) is 6.56. The zero-order valence-corrected chi connectivity index (χ0v) is 15.3. The summed E-state index contributed by atoms with van der Waals surface area (Å²) in [6.45, 7) is 2.77. The van der Waals surface area contributed by atoms with Crippen molar-refractivity contribution in [2.75, 3.05) is 25.0 Å². The van der Waals surface area contributed by atoms with E-state index in [1.807, 2.05) is 0 Å². The summed E-state index contributed by atoms with van der Waals surface area (Å²) in [5.41, 5.74) is 0.501. The van der Waals surface area contributed by atoms with E-state index in [1.165, 1.54) is 0 Å². The normalized spacial score (nSPS) is 17.2. The second kappa shape index (κ2) is 9.03. The first-order chi connectivity index (χ1) is 11.9. The number of urea groups is 1. The Balaban J connectivity index is 1.94. The molecule has 3 N–H and O–H groups in total. The number of imide groups is 1. The molecule has 1 aromatic rings. The molecule has 1 aliphatic rings. The highest BCUT2D eigenvalue weighted by atomic mass is 35.5. The fourth-order valence-electron chi connectivity index (χ4n) is 2.72. The van der Waals surface area contributed by atoms with E-state index in [-0.39, 0.29) is 12.5 Å². The Hall–Kier alpha value is -1.83. The van der Waals surface area contributed by atoms with Crippen molar-refractivity contribution in [3.63, 3.8) is 0 Å². The highest BCUT2D eigenvalue weighted by molar-refractivity contribution is 6.35. The van der Waals surface area contributed by atoms with Crippen LogP contribution in [0.2, 0.25) is 10.0 Å². The highest BCUT2D eigenvalue weighted by Gasteiger charge is 2.32. The molecule has 9 heteroatoms. The van der Waals surface area contributed by atoms with Gasteiger partial charge in [-0.2, -0.15) is 0 Å². The van der Waals surface area contributed by atoms with Gasteiger partial charge in [0.2, 0.25) is 11.8 Å². The first-order valence-electron chi connectivity index (χ1n) is 7.97. The minimum absolute atomic E-state index is 0.0223. The third-order valence-corrected chi connectivity index (χ3v) is 4.17. The molecule has 0 aliphatic carbocycles. The molecule has 0 aromatic heterocycles. The fourth-order valence-corrected chi connectivity index (χ4v) is 3.25. The highest BCUT2D eigenvalue weighted by Crippen LogP contribution is 2.24. The molecule has 1 heterocycles. The number of rotatable bonds is 5. The van der Waals surface area contributed by atoms with E-state index < -0.39 is 18.0 Å². The number of likely N-dealkylation sites (tertiary alicyclic amines) is 1. The fraction of sp³-hybridized carbons (Fsp3) is 0.438. The third-order valence-electron chi connectivity index (χ3n) is 3.73. The Morgan fingerprint density at radius 2 is 1.88 bits per heavy atom. The molecule has 0 saturated carbocycles. The quantitative estimate of drug-likeness (QED) is 0.723. The molecule has 0 bridgehead atoms. The van der Waals surface area contributed by atoms with Gasteiger partial charge in [-0.1, -0.05) is 23.2 Å². The Kier molecular flexibility index (Phi) is 7.04. The van der Waals surface area contributed by atoms with Gasteiger partial charge >= 0.3 is 6.03 Å². The largest absolute Gasteiger partial charge is 0.338 e. The maximum Gasteiger partial charge on any atom is 0.321 e. The number of benzene rings is 1. The first-order valence-corrected chi connectivity index (χ1v) is 8.73. The summed E-state index contributed by atoms with van der Waals surface area (Å²) < 4.78 is 0. The maximum atomic E-state index is 12.5. The summed E-state index contributed by atoms with van der Waals surface area (Å²) in [4.78, 5) is 37.6. The summed E-state index contributed by atoms with van der Waals surface area (Å²) in [5, 5.41) is 8.34. The van der Waals surface area contributed by atoms with E-state index in [2.05, 4.69) is 16.0 Å². The van der Waals surface area contributed by atoms with Crippen molar-refractivity contribution >= 4 is 46.7 Å². The average Bonchev–Trinajstić information content (AvgIpc) is 2.94. The van der Waals surface area contributed by atoms with Gasteiger partial charge in [-0.15, -0.1) is 0 Å². The van der Waals surface area contributed by atoms with Crippen molar-refractivity contribution in [1.29, 1.82) is 0 Å². The van der Waals surface area contributed by atoms with Gasteiger partial charge in [0, 0.05) is 22.3 Å². The Morgan fingerprint density at radius 1 is 1.20 bits per heavy atom. The maximum absolute atomic E-state index is 12.5. The molecule has 1 aliphatic heterocycles. The molecule has 1 fully saturated rings. The van der Waals surface area contributed by atoms with Crippen molar-refractivity contribution in [2.24, 2.45) is 0 Å². The van der Waals surface area contributed by atoms with Crippen LogP contribution < -0.4 is 16.0 Å². The van der Waals surface area contributed by atoms with Crippen LogP contribution in [0.15, 0.2) is 18.2 Å². The van der Waals surface area contributed by atoms with E-state index >= 15 is 0 Å². The molecule has 1 atom stereocenters. The zero-order chi connectivity index (χ0) is 18.4. The van der Waals surface area contributed by atoms with Crippen LogP contribution in [0.1, 0.15) is 19.8 Å². The van der Waals surface area contributed by atoms with Crippen molar-refractivity contribution in [3.05, 3.63) is 28.2 Å². The summed E-state index contributed by atoms with van der Waals surface area (Å²) in [6, 6.07) is 3.80. The van der Waals surface area contributed by atoms with Crippen LogP contribution in [0, 0.1) is 0 Å². The number of anilines is 1. The SMILES string of the molecule is CCNC(=O)NC(=O)CN1CCC[C@@H]1C(=O)Nc1cc(Cl)cc(Cl)c1. The molecule has 25 heavy (non-hydrogen) atoms. The molecule has 136 valence electrons. The second-order valence-electron chi connectivity index (χ2n) is 5.68. The van der Waals surface area contributed by atoms with Gasteiger partial charge in [0.15, 0.2) is 0 Å². The molecule has 1 saturated heterocycles. The van der Waals surface area contributed by atoms with Crippen LogP contribution in [0.5, 0.6) is 0 Å². The molecule has 7 nitrogen and oxygen atoms in total. The van der Waals surface area contributed by atoms with Gasteiger partial charge in [0.05, 0.1) is 12.6 Å². The lowest BCUT2D eigenvalue weighted by Gasteiger charge is -2.23. The van der Waals surface area contributed by atoms with Crippen LogP contribution in [-0.4, -0.2) is 48.4 Å². The number of carbonyl (C=O) groups excluding carboxylic acids is 3. The summed E-state index contributed by atoms with van der Waals surface area (Å²) in [6.07, 6.45) is 1.43. The molecular weight excluding hydrogens is 367 g/mol. The number of nitrogens with one attached hydrogen (secondary N) is 3. The Labute approximate surface area is 156 Å². The lowest BCUT2D eigenvalue weighted by Crippen LogP contribution is -2.48. The lowest BCUT2D eigenvalue weighted by atomic mass is 10.2. The number of nitrogens with zero attached hydrogens (tertiary/aromatic N) is 1. The number of amides is 4. The van der Waals surface area contributed by atoms with Crippen LogP contribution >= 0.6 is 23.2 Å². The van der Waals surface area contributed by atoms with E-state index in [0.29, 0.717) is 35.2 Å². The number of halogens is 2. The molecule has 0 radical (unpaired) electrons. The van der Waals surface area contributed by atoms with Gasteiger partial charge in [-0.05, 0) is 44.5 Å². The molecule has 4 amide bonds. The van der Waals surface area contributed by atoms with E-state index in [9.17, 15) is 14.4 Å². The average molecular weight is 387 g/mol. The van der Waals surface area contributed by atoms with E-state index in [4.69, 9.17) is 23.2 Å². The first kappa shape index (κ1) is 19.5. The summed E-state index contributed by atoms with van der Waals surface area (Å²) in [7, 11) is 0. The predicted molar refractivity (Wildman–Crippen MR) is 96.9 cm³/mol. The lowest BCUT2D eigenvalue weighted by molar-refractivity contribution is -0.124. The van der Waals surface area contributed by atoms with Crippen molar-refractivity contribution in [2.45, 2.75) is 25.8 Å². The van der Waals surface area contributed by atoms with Gasteiger partial charge in [0.1, 0.15) is 0 Å². The van der Waals surface area contributed by atoms with Crippen LogP contribution in [0.3, 0.4) is 0 Å². The smallest absolute Gasteiger partial charge is 0.321 e. The minimum atomic E-state index is -0.540. The molecule has 1 aromatic carbocycles. The number of carbonyl (C=O) groups is 3. The topological polar surface area (TPSA) is 90.5 Å². The standard InChI is InChI=1S/C16H20Cl2N4O3/c1-2-19-16(25)21-14(23)9-22-5-3-4-13(22)15(24)20-12-7-10(17)6-11(18)8-12/h6-8,13H,2-5,9H2,1H3,(H,20,24)(H2,19,21,23,25)/t13-/m1/s1. The van der Waals surface area contributed by atoms with Crippen LogP contribution in [0.4, 0.5) is 10.5 Å². The van der Waals surface area contributed by atoms with Crippen molar-refractivity contribution in [3.8, 4) is 0 Å². The van der Waals surface area contributed by atoms with Crippen molar-refractivity contribution in [1.82, 2.24) is 15.5 Å². The molecule has 0 unspecified atom stereocenters. The van der Waals surface area contributed by atoms with Gasteiger partial charge in [0.25, 0.3) is 0 Å². The number of hydrogen-bond donors (Lipinski definition) is 3. The molecular formula is C16H20Cl2N4O3. The van der Waals surface area contributed by atoms with Gasteiger partial charge in [-0.25, -0.2) is 4.79 Å². The summed E-state index contributed by atoms with van der Waals surface area (Å²) >= 11 is 11.9. The third kappa shape index (κ3) is 5.88. The van der Waals surface area contributed by atoms with E-state index in [0.717, 1.165) is 6.42 Å². The Morgan fingerprint density at radius 3 is 2.52 bits per heavy atom. The molecule has 2 rings (SSSR count). The zero-order valence-electron chi connectivity index (χ0n) is 13.8. The summed E-state index contributed by atoms with van der Waals surface area (Å²) in [5.74, 6) is -0.682. The van der Waals surface area contributed by atoms with Crippen molar-refractivity contribution < 1.29 is 14.4 Å². The van der Waals surface area contributed by atoms with E-state index in [1.54, 1.807) is 30.0 Å². The minimum Gasteiger partial charge on any atom is -0.338 e. The van der Waals surface area contributed by atoms with Crippen LogP contribution in [0.25, 0.3) is 0 Å². The molecule has 0 spiro atoms. The van der Waals surface area contributed by atoms with Gasteiger partial charge < -0.3 is 10.6 Å². The number of hydrogen-bond acceptors (Lipinski definition) is 4.